The Balaban J connectivity index is 1.99. The standard InChI is InChI=1S/C17H17N3O/c1-3-4-21-11-13-6-15-16(10-20-17(15)19-8-13)14-5-12(2)7-18-9-14/h3,5-10H,1,4,11H2,2H3,(H,19,20). The lowest BCUT2D eigenvalue weighted by Crippen LogP contribution is -1.93. The average Bonchev–Trinajstić information content (AvgIpc) is 2.91. The van der Waals surface area contributed by atoms with Gasteiger partial charge in [0.05, 0.1) is 13.2 Å². The predicted octanol–water partition coefficient (Wildman–Crippen LogP) is 3.64. The third-order valence-corrected chi connectivity index (χ3v) is 3.28. The lowest BCUT2D eigenvalue weighted by atomic mass is 10.1. The molecule has 3 rings (SSSR count). The summed E-state index contributed by atoms with van der Waals surface area (Å²) in [5, 5.41) is 1.09. The number of ether oxygens (including phenoxy) is 1. The summed E-state index contributed by atoms with van der Waals surface area (Å²) < 4.78 is 5.48. The van der Waals surface area contributed by atoms with Crippen LogP contribution in [0.25, 0.3) is 22.2 Å². The van der Waals surface area contributed by atoms with Crippen LogP contribution in [0.4, 0.5) is 0 Å². The van der Waals surface area contributed by atoms with Crippen molar-refractivity contribution in [1.82, 2.24) is 15.0 Å². The Bertz CT molecular complexity index is 777. The van der Waals surface area contributed by atoms with E-state index >= 15 is 0 Å². The molecule has 0 atom stereocenters. The zero-order valence-corrected chi connectivity index (χ0v) is 12.0. The number of pyridine rings is 2. The molecule has 0 amide bonds. The van der Waals surface area contributed by atoms with Gasteiger partial charge in [0.2, 0.25) is 0 Å². The highest BCUT2D eigenvalue weighted by Crippen LogP contribution is 2.28. The second-order valence-electron chi connectivity index (χ2n) is 5.00. The Hall–Kier alpha value is -2.46. The number of nitrogens with one attached hydrogen (secondary N) is 1. The Morgan fingerprint density at radius 2 is 2.19 bits per heavy atom. The van der Waals surface area contributed by atoms with Gasteiger partial charge in [-0.1, -0.05) is 6.08 Å². The minimum absolute atomic E-state index is 0.533. The molecule has 0 spiro atoms. The van der Waals surface area contributed by atoms with Gasteiger partial charge in [-0.3, -0.25) is 4.98 Å². The average molecular weight is 279 g/mol. The van der Waals surface area contributed by atoms with Crippen molar-refractivity contribution in [2.75, 3.05) is 6.61 Å². The summed E-state index contributed by atoms with van der Waals surface area (Å²) in [7, 11) is 0. The van der Waals surface area contributed by atoms with Crippen LogP contribution < -0.4 is 0 Å². The van der Waals surface area contributed by atoms with E-state index in [9.17, 15) is 0 Å². The largest absolute Gasteiger partial charge is 0.373 e. The van der Waals surface area contributed by atoms with Gasteiger partial charge in [-0.05, 0) is 30.2 Å². The van der Waals surface area contributed by atoms with Crippen molar-refractivity contribution in [1.29, 1.82) is 0 Å². The maximum atomic E-state index is 5.48. The van der Waals surface area contributed by atoms with E-state index in [1.165, 1.54) is 0 Å². The third-order valence-electron chi connectivity index (χ3n) is 3.28. The highest BCUT2D eigenvalue weighted by Gasteiger charge is 2.08. The Morgan fingerprint density at radius 1 is 1.29 bits per heavy atom. The molecular formula is C17H17N3O. The first-order valence-electron chi connectivity index (χ1n) is 6.84. The van der Waals surface area contributed by atoms with E-state index in [0.717, 1.165) is 33.3 Å². The van der Waals surface area contributed by atoms with Gasteiger partial charge in [0.15, 0.2) is 0 Å². The fourth-order valence-electron chi connectivity index (χ4n) is 2.33. The van der Waals surface area contributed by atoms with Gasteiger partial charge in [-0.15, -0.1) is 6.58 Å². The minimum atomic E-state index is 0.533. The fourth-order valence-corrected chi connectivity index (χ4v) is 2.33. The number of aryl methyl sites for hydroxylation is 1. The van der Waals surface area contributed by atoms with E-state index in [-0.39, 0.29) is 0 Å². The predicted molar refractivity (Wildman–Crippen MR) is 83.9 cm³/mol. The third kappa shape index (κ3) is 2.85. The number of H-pyrrole nitrogens is 1. The molecule has 0 aliphatic carbocycles. The van der Waals surface area contributed by atoms with Crippen molar-refractivity contribution in [3.8, 4) is 11.1 Å². The molecule has 3 heterocycles. The quantitative estimate of drug-likeness (QED) is 0.573. The molecule has 0 saturated carbocycles. The van der Waals surface area contributed by atoms with Gasteiger partial charge < -0.3 is 9.72 Å². The van der Waals surface area contributed by atoms with Crippen molar-refractivity contribution in [2.45, 2.75) is 13.5 Å². The van der Waals surface area contributed by atoms with E-state index in [2.05, 4.69) is 33.7 Å². The molecule has 21 heavy (non-hydrogen) atoms. The van der Waals surface area contributed by atoms with E-state index in [1.807, 2.05) is 31.7 Å². The van der Waals surface area contributed by atoms with Crippen LogP contribution in [0.5, 0.6) is 0 Å². The van der Waals surface area contributed by atoms with Crippen LogP contribution in [0.3, 0.4) is 0 Å². The van der Waals surface area contributed by atoms with E-state index in [4.69, 9.17) is 4.74 Å². The summed E-state index contributed by atoms with van der Waals surface area (Å²) >= 11 is 0. The molecule has 3 aromatic heterocycles. The molecule has 0 unspecified atom stereocenters. The number of aromatic nitrogens is 3. The number of aromatic amines is 1. The van der Waals surface area contributed by atoms with Crippen molar-refractivity contribution >= 4 is 11.0 Å². The first-order valence-corrected chi connectivity index (χ1v) is 6.84. The van der Waals surface area contributed by atoms with Crippen LogP contribution in [0.1, 0.15) is 11.1 Å². The van der Waals surface area contributed by atoms with Crippen LogP contribution in [-0.4, -0.2) is 21.6 Å². The zero-order chi connectivity index (χ0) is 14.7. The lowest BCUT2D eigenvalue weighted by Gasteiger charge is -2.03. The normalized spacial score (nSPS) is 10.9. The van der Waals surface area contributed by atoms with Crippen molar-refractivity contribution in [3.05, 3.63) is 60.7 Å². The molecule has 0 bridgehead atoms. The molecule has 0 fully saturated rings. The summed E-state index contributed by atoms with van der Waals surface area (Å²) in [6.45, 7) is 6.76. The molecule has 1 N–H and O–H groups in total. The van der Waals surface area contributed by atoms with Gasteiger partial charge >= 0.3 is 0 Å². The van der Waals surface area contributed by atoms with Gasteiger partial charge in [0, 0.05) is 41.3 Å². The van der Waals surface area contributed by atoms with Gasteiger partial charge in [0.25, 0.3) is 0 Å². The minimum Gasteiger partial charge on any atom is -0.373 e. The molecular weight excluding hydrogens is 262 g/mol. The van der Waals surface area contributed by atoms with Crippen LogP contribution in [-0.2, 0) is 11.3 Å². The monoisotopic (exact) mass is 279 g/mol. The molecule has 106 valence electrons. The second-order valence-corrected chi connectivity index (χ2v) is 5.00. The molecule has 3 aromatic rings. The number of fused-ring (bicyclic) bond motifs is 1. The molecule has 4 heteroatoms. The van der Waals surface area contributed by atoms with Gasteiger partial charge in [0.1, 0.15) is 5.65 Å². The molecule has 0 aliphatic heterocycles. The summed E-state index contributed by atoms with van der Waals surface area (Å²) in [5.74, 6) is 0. The number of hydrogen-bond acceptors (Lipinski definition) is 3. The molecule has 0 radical (unpaired) electrons. The number of nitrogens with zero attached hydrogens (tertiary/aromatic N) is 2. The molecule has 4 nitrogen and oxygen atoms in total. The van der Waals surface area contributed by atoms with Crippen molar-refractivity contribution in [2.24, 2.45) is 0 Å². The number of hydrogen-bond donors (Lipinski definition) is 1. The van der Waals surface area contributed by atoms with Crippen LogP contribution >= 0.6 is 0 Å². The molecule has 0 aliphatic rings. The van der Waals surface area contributed by atoms with Gasteiger partial charge in [-0.25, -0.2) is 4.98 Å². The summed E-state index contributed by atoms with van der Waals surface area (Å²) in [4.78, 5) is 11.9. The summed E-state index contributed by atoms with van der Waals surface area (Å²) in [5.41, 5.74) is 5.26. The maximum Gasteiger partial charge on any atom is 0.137 e. The van der Waals surface area contributed by atoms with Crippen molar-refractivity contribution < 1.29 is 4.74 Å². The van der Waals surface area contributed by atoms with Crippen LogP contribution in [0, 0.1) is 6.92 Å². The van der Waals surface area contributed by atoms with E-state index in [0.29, 0.717) is 13.2 Å². The first kappa shape index (κ1) is 13.5. The fraction of sp³-hybridized carbons (Fsp3) is 0.176. The van der Waals surface area contributed by atoms with E-state index < -0.39 is 0 Å². The number of rotatable bonds is 5. The maximum absolute atomic E-state index is 5.48. The Labute approximate surface area is 123 Å². The lowest BCUT2D eigenvalue weighted by molar-refractivity contribution is 0.149. The van der Waals surface area contributed by atoms with Crippen LogP contribution in [0.2, 0.25) is 0 Å². The highest BCUT2D eigenvalue weighted by molar-refractivity contribution is 5.93. The SMILES string of the molecule is C=CCOCc1cnc2[nH]cc(-c3cncc(C)c3)c2c1. The highest BCUT2D eigenvalue weighted by atomic mass is 16.5. The second kappa shape index (κ2) is 5.89. The van der Waals surface area contributed by atoms with Gasteiger partial charge in [-0.2, -0.15) is 0 Å². The smallest absolute Gasteiger partial charge is 0.137 e. The summed E-state index contributed by atoms with van der Waals surface area (Å²) in [6, 6.07) is 4.23. The Kier molecular flexibility index (Phi) is 3.79. The zero-order valence-electron chi connectivity index (χ0n) is 12.0. The van der Waals surface area contributed by atoms with Crippen molar-refractivity contribution in [3.63, 3.8) is 0 Å². The van der Waals surface area contributed by atoms with Crippen LogP contribution in [0.15, 0.2) is 49.6 Å². The summed E-state index contributed by atoms with van der Waals surface area (Å²) in [6.07, 6.45) is 9.27. The topological polar surface area (TPSA) is 50.8 Å². The Morgan fingerprint density at radius 3 is 3.00 bits per heavy atom. The molecule has 0 saturated heterocycles. The van der Waals surface area contributed by atoms with E-state index in [1.54, 1.807) is 6.08 Å². The molecule has 0 aromatic carbocycles. The first-order chi connectivity index (χ1) is 10.3.